The minimum absolute atomic E-state index is 0.0655. The molecule has 2 aliphatic rings. The maximum absolute atomic E-state index is 13.1. The number of carboxylic acids is 1. The standard InChI is InChI=1S/C21H16N2O5/c1-2-21(9-16(24)25)13-8-15-18-12(7-11-5-3-4-6-14(11)22-18)10-23(15)19(26)17(13)20(27)28-21/h3-8H,2,9-10H2,1H3,(H,24,25). The highest BCUT2D eigenvalue weighted by molar-refractivity contribution is 5.96. The summed E-state index contributed by atoms with van der Waals surface area (Å²) in [6.45, 7) is 2.07. The van der Waals surface area contributed by atoms with Gasteiger partial charge in [0.25, 0.3) is 5.56 Å². The molecule has 0 bridgehead atoms. The summed E-state index contributed by atoms with van der Waals surface area (Å²) in [7, 11) is 0. The lowest BCUT2D eigenvalue weighted by molar-refractivity contribution is -0.142. The van der Waals surface area contributed by atoms with Gasteiger partial charge in [0.2, 0.25) is 0 Å². The molecule has 5 rings (SSSR count). The summed E-state index contributed by atoms with van der Waals surface area (Å²) in [6.07, 6.45) is -0.123. The van der Waals surface area contributed by atoms with Crippen LogP contribution in [0.5, 0.6) is 0 Å². The Balaban J connectivity index is 1.79. The van der Waals surface area contributed by atoms with Gasteiger partial charge in [-0.05, 0) is 24.6 Å². The van der Waals surface area contributed by atoms with E-state index in [-0.39, 0.29) is 18.4 Å². The topological polar surface area (TPSA) is 98.5 Å². The van der Waals surface area contributed by atoms with E-state index < -0.39 is 23.1 Å². The van der Waals surface area contributed by atoms with E-state index in [9.17, 15) is 19.5 Å². The number of fused-ring (bicyclic) bond motifs is 5. The first-order chi connectivity index (χ1) is 13.4. The van der Waals surface area contributed by atoms with Crippen molar-refractivity contribution in [3.8, 4) is 11.4 Å². The molecule has 4 heterocycles. The monoisotopic (exact) mass is 376 g/mol. The largest absolute Gasteiger partial charge is 0.481 e. The number of esters is 1. The lowest BCUT2D eigenvalue weighted by Gasteiger charge is -2.25. The Hall–Kier alpha value is -3.48. The molecule has 1 N–H and O–H groups in total. The van der Waals surface area contributed by atoms with Crippen molar-refractivity contribution >= 4 is 22.8 Å². The highest BCUT2D eigenvalue weighted by Gasteiger charge is 2.48. The average molecular weight is 376 g/mol. The number of nitrogens with zero attached hydrogens (tertiary/aromatic N) is 2. The van der Waals surface area contributed by atoms with Crippen LogP contribution in [0, 0.1) is 0 Å². The van der Waals surface area contributed by atoms with E-state index in [1.165, 1.54) is 4.57 Å². The molecule has 3 aromatic rings. The van der Waals surface area contributed by atoms with E-state index in [2.05, 4.69) is 0 Å². The summed E-state index contributed by atoms with van der Waals surface area (Å²) in [5, 5.41) is 10.3. The molecule has 0 radical (unpaired) electrons. The second-order valence-corrected chi connectivity index (χ2v) is 7.21. The van der Waals surface area contributed by atoms with E-state index in [0.717, 1.165) is 16.5 Å². The molecule has 28 heavy (non-hydrogen) atoms. The number of aliphatic carboxylic acids is 1. The van der Waals surface area contributed by atoms with Gasteiger partial charge in [-0.15, -0.1) is 0 Å². The first-order valence-electron chi connectivity index (χ1n) is 9.06. The van der Waals surface area contributed by atoms with Crippen LogP contribution < -0.4 is 5.56 Å². The highest BCUT2D eigenvalue weighted by Crippen LogP contribution is 2.43. The fourth-order valence-electron chi connectivity index (χ4n) is 4.28. The summed E-state index contributed by atoms with van der Waals surface area (Å²) in [5.74, 6) is -1.85. The SMILES string of the molecule is CCC1(CC(=O)O)OC(=O)c2c1cc1n(c2=O)Cc2cc3ccccc3nc2-1. The van der Waals surface area contributed by atoms with Crippen LogP contribution >= 0.6 is 0 Å². The number of aromatic nitrogens is 2. The molecule has 0 spiro atoms. The summed E-state index contributed by atoms with van der Waals surface area (Å²) >= 11 is 0. The molecule has 7 heteroatoms. The first kappa shape index (κ1) is 16.7. The molecule has 0 fully saturated rings. The fourth-order valence-corrected chi connectivity index (χ4v) is 4.28. The molecular formula is C21H16N2O5. The van der Waals surface area contributed by atoms with Crippen LogP contribution in [0.4, 0.5) is 0 Å². The number of rotatable bonds is 3. The molecule has 0 saturated heterocycles. The van der Waals surface area contributed by atoms with Crippen molar-refractivity contribution in [3.05, 3.63) is 63.4 Å². The molecule has 1 atom stereocenters. The Morgan fingerprint density at radius 3 is 2.82 bits per heavy atom. The lowest BCUT2D eigenvalue weighted by atomic mass is 9.87. The molecule has 2 aromatic heterocycles. The minimum atomic E-state index is -1.33. The lowest BCUT2D eigenvalue weighted by Crippen LogP contribution is -2.30. The van der Waals surface area contributed by atoms with Gasteiger partial charge in [0, 0.05) is 16.5 Å². The van der Waals surface area contributed by atoms with Crippen molar-refractivity contribution in [1.29, 1.82) is 0 Å². The maximum Gasteiger partial charge on any atom is 0.345 e. The smallest absolute Gasteiger partial charge is 0.345 e. The number of para-hydroxylation sites is 1. The summed E-state index contributed by atoms with van der Waals surface area (Å²) in [5.41, 5.74) is 1.47. The average Bonchev–Trinajstić information content (AvgIpc) is 3.16. The van der Waals surface area contributed by atoms with Crippen molar-refractivity contribution in [2.24, 2.45) is 0 Å². The molecule has 0 aliphatic carbocycles. The van der Waals surface area contributed by atoms with E-state index >= 15 is 0 Å². The van der Waals surface area contributed by atoms with Crippen molar-refractivity contribution in [3.63, 3.8) is 0 Å². The summed E-state index contributed by atoms with van der Waals surface area (Å²) in [6, 6.07) is 11.4. The molecule has 0 saturated carbocycles. The Labute approximate surface area is 159 Å². The molecule has 0 amide bonds. The van der Waals surface area contributed by atoms with E-state index in [0.29, 0.717) is 23.5 Å². The Bertz CT molecular complexity index is 1260. The van der Waals surface area contributed by atoms with Crippen molar-refractivity contribution in [1.82, 2.24) is 9.55 Å². The van der Waals surface area contributed by atoms with Gasteiger partial charge in [-0.1, -0.05) is 25.1 Å². The van der Waals surface area contributed by atoms with Crippen LogP contribution in [0.15, 0.2) is 41.2 Å². The van der Waals surface area contributed by atoms with Crippen LogP contribution in [0.25, 0.3) is 22.3 Å². The molecular weight excluding hydrogens is 360 g/mol. The third kappa shape index (κ3) is 2.10. The van der Waals surface area contributed by atoms with E-state index in [4.69, 9.17) is 9.72 Å². The molecule has 2 aliphatic heterocycles. The third-order valence-electron chi connectivity index (χ3n) is 5.67. The van der Waals surface area contributed by atoms with Crippen LogP contribution in [-0.2, 0) is 21.7 Å². The van der Waals surface area contributed by atoms with Gasteiger partial charge in [-0.3, -0.25) is 9.59 Å². The quantitative estimate of drug-likeness (QED) is 0.552. The van der Waals surface area contributed by atoms with Gasteiger partial charge in [0.05, 0.1) is 29.9 Å². The predicted octanol–water partition coefficient (Wildman–Crippen LogP) is 2.68. The number of pyridine rings is 2. The zero-order valence-corrected chi connectivity index (χ0v) is 15.1. The normalized spacial score (nSPS) is 19.2. The van der Waals surface area contributed by atoms with Gasteiger partial charge < -0.3 is 14.4 Å². The Morgan fingerprint density at radius 1 is 1.29 bits per heavy atom. The van der Waals surface area contributed by atoms with E-state index in [1.807, 2.05) is 30.3 Å². The van der Waals surface area contributed by atoms with Crippen LogP contribution in [0.2, 0.25) is 0 Å². The number of carbonyl (C=O) groups is 2. The second kappa shape index (κ2) is 5.51. The zero-order chi connectivity index (χ0) is 19.6. The molecule has 140 valence electrons. The Kier molecular flexibility index (Phi) is 3.28. The Morgan fingerprint density at radius 2 is 2.07 bits per heavy atom. The molecule has 1 unspecified atom stereocenters. The van der Waals surface area contributed by atoms with Gasteiger partial charge in [-0.2, -0.15) is 0 Å². The zero-order valence-electron chi connectivity index (χ0n) is 15.1. The number of benzene rings is 1. The number of cyclic esters (lactones) is 1. The number of carboxylic acid groups (broad SMARTS) is 1. The van der Waals surface area contributed by atoms with Gasteiger partial charge in [0.15, 0.2) is 0 Å². The first-order valence-corrected chi connectivity index (χ1v) is 9.06. The summed E-state index contributed by atoms with van der Waals surface area (Å²) < 4.78 is 6.96. The van der Waals surface area contributed by atoms with Crippen molar-refractivity contribution in [2.75, 3.05) is 0 Å². The third-order valence-corrected chi connectivity index (χ3v) is 5.67. The number of carbonyl (C=O) groups excluding carboxylic acids is 1. The second-order valence-electron chi connectivity index (χ2n) is 7.21. The maximum atomic E-state index is 13.1. The van der Waals surface area contributed by atoms with Gasteiger partial charge >= 0.3 is 11.9 Å². The molecule has 1 aromatic carbocycles. The predicted molar refractivity (Wildman–Crippen MR) is 100 cm³/mol. The molecule has 7 nitrogen and oxygen atoms in total. The number of ether oxygens (including phenoxy) is 1. The van der Waals surface area contributed by atoms with Crippen LogP contribution in [-0.4, -0.2) is 26.6 Å². The van der Waals surface area contributed by atoms with Gasteiger partial charge in [0.1, 0.15) is 11.2 Å². The van der Waals surface area contributed by atoms with E-state index in [1.54, 1.807) is 13.0 Å². The minimum Gasteiger partial charge on any atom is -0.481 e. The van der Waals surface area contributed by atoms with Crippen LogP contribution in [0.1, 0.15) is 41.3 Å². The van der Waals surface area contributed by atoms with Crippen molar-refractivity contribution in [2.45, 2.75) is 31.9 Å². The number of hydrogen-bond donors (Lipinski definition) is 1. The summed E-state index contributed by atoms with van der Waals surface area (Å²) in [4.78, 5) is 41.7. The number of hydrogen-bond acceptors (Lipinski definition) is 5. The van der Waals surface area contributed by atoms with Gasteiger partial charge in [-0.25, -0.2) is 9.78 Å². The highest BCUT2D eigenvalue weighted by atomic mass is 16.6. The van der Waals surface area contributed by atoms with Crippen molar-refractivity contribution < 1.29 is 19.4 Å². The fraction of sp³-hybridized carbons (Fsp3) is 0.238. The van der Waals surface area contributed by atoms with Crippen LogP contribution in [0.3, 0.4) is 0 Å².